The smallest absolute Gasteiger partial charge is 0.313 e. The summed E-state index contributed by atoms with van der Waals surface area (Å²) in [6.45, 7) is 9.49. The predicted octanol–water partition coefficient (Wildman–Crippen LogP) is 5.41. The molecule has 8 atom stereocenters. The van der Waals surface area contributed by atoms with Gasteiger partial charge in [-0.15, -0.1) is 13.2 Å². The molecule has 1 N–H and O–H groups in total. The number of carbonyl (C=O) groups excluding carboxylic acids is 4. The second-order valence-corrected chi connectivity index (χ2v) is 14.2. The first kappa shape index (κ1) is 37.7. The number of aliphatic hydroxyl groups excluding tert-OH is 1. The van der Waals surface area contributed by atoms with Crippen LogP contribution in [0.1, 0.15) is 61.4 Å². The van der Waals surface area contributed by atoms with Crippen LogP contribution < -0.4 is 0 Å². The molecular weight excluding hydrogens is 670 g/mol. The van der Waals surface area contributed by atoms with Crippen molar-refractivity contribution in [3.8, 4) is 0 Å². The Hall–Kier alpha value is -5.06. The molecule has 53 heavy (non-hydrogen) atoms. The number of nitrogens with zero attached hydrogens (tertiary/aromatic N) is 3. The Morgan fingerprint density at radius 2 is 1.60 bits per heavy atom. The summed E-state index contributed by atoms with van der Waals surface area (Å²) in [6.07, 6.45) is 3.45. The average molecular weight is 720 g/mol. The molecule has 0 saturated carbocycles. The van der Waals surface area contributed by atoms with Crippen molar-refractivity contribution in [3.05, 3.63) is 133 Å². The molecule has 3 aromatic carbocycles. The number of likely N-dealkylation sites (N-methyl/N-ethyl adjacent to an activating group) is 1. The third kappa shape index (κ3) is 7.18. The van der Waals surface area contributed by atoms with Gasteiger partial charge in [0, 0.05) is 26.6 Å². The van der Waals surface area contributed by atoms with Crippen molar-refractivity contribution in [2.45, 2.75) is 75.1 Å². The number of carbonyl (C=O) groups is 4. The quantitative estimate of drug-likeness (QED) is 0.156. The maximum absolute atomic E-state index is 15.0. The number of fused-ring (bicyclic) bond motifs is 1. The molecule has 3 aliphatic rings. The first-order chi connectivity index (χ1) is 25.7. The molecule has 10 nitrogen and oxygen atoms in total. The molecule has 2 bridgehead atoms. The van der Waals surface area contributed by atoms with Crippen molar-refractivity contribution in [2.24, 2.45) is 11.8 Å². The third-order valence-corrected chi connectivity index (χ3v) is 11.2. The number of ether oxygens (including phenoxy) is 2. The highest BCUT2D eigenvalue weighted by molar-refractivity contribution is 5.98. The molecule has 3 aliphatic heterocycles. The second-order valence-electron chi connectivity index (χ2n) is 14.2. The van der Waals surface area contributed by atoms with Gasteiger partial charge in [0.15, 0.2) is 0 Å². The SMILES string of the molecule is C=CCCC(=O)N(C)[C@H](C)[C@H](OC(=O)[C@@H]1[C@H]2C(=O)N([C@H](CO)c3ccccc3)[C@H](C(=O)N(CC=C)Cc3ccccc3)[C@]23CC[C@H]1O3)c1ccccc1. The summed E-state index contributed by atoms with van der Waals surface area (Å²) < 4.78 is 13.1. The molecule has 0 radical (unpaired) electrons. The number of likely N-dealkylation sites (tertiary alicyclic amines) is 1. The van der Waals surface area contributed by atoms with Crippen LogP contribution in [0.3, 0.4) is 0 Å². The number of amides is 3. The number of benzene rings is 3. The van der Waals surface area contributed by atoms with Crippen LogP contribution in [-0.4, -0.2) is 87.5 Å². The molecule has 6 rings (SSSR count). The number of allylic oxidation sites excluding steroid dienone is 1. The van der Waals surface area contributed by atoms with Gasteiger partial charge in [0.25, 0.3) is 0 Å². The maximum Gasteiger partial charge on any atom is 0.313 e. The predicted molar refractivity (Wildman–Crippen MR) is 200 cm³/mol. The van der Waals surface area contributed by atoms with Gasteiger partial charge in [-0.2, -0.15) is 0 Å². The number of hydrogen-bond acceptors (Lipinski definition) is 7. The topological polar surface area (TPSA) is 117 Å². The molecule has 1 spiro atoms. The van der Waals surface area contributed by atoms with E-state index in [1.54, 1.807) is 29.0 Å². The van der Waals surface area contributed by atoms with E-state index in [1.807, 2.05) is 97.9 Å². The fourth-order valence-corrected chi connectivity index (χ4v) is 8.49. The number of esters is 1. The lowest BCUT2D eigenvalue weighted by atomic mass is 9.70. The van der Waals surface area contributed by atoms with Crippen LogP contribution in [0.25, 0.3) is 0 Å². The summed E-state index contributed by atoms with van der Waals surface area (Å²) in [6, 6.07) is 25.4. The first-order valence-corrected chi connectivity index (χ1v) is 18.4. The minimum absolute atomic E-state index is 0.116. The summed E-state index contributed by atoms with van der Waals surface area (Å²) in [7, 11) is 1.69. The van der Waals surface area contributed by atoms with Crippen LogP contribution in [0.15, 0.2) is 116 Å². The van der Waals surface area contributed by atoms with Crippen LogP contribution in [-0.2, 0) is 35.2 Å². The van der Waals surface area contributed by atoms with E-state index >= 15 is 0 Å². The molecule has 3 fully saturated rings. The van der Waals surface area contributed by atoms with E-state index in [-0.39, 0.29) is 31.3 Å². The molecule has 3 amide bonds. The van der Waals surface area contributed by atoms with Crippen LogP contribution in [0.5, 0.6) is 0 Å². The van der Waals surface area contributed by atoms with Gasteiger partial charge in [-0.3, -0.25) is 19.2 Å². The Morgan fingerprint density at radius 3 is 2.21 bits per heavy atom. The van der Waals surface area contributed by atoms with Crippen molar-refractivity contribution in [3.63, 3.8) is 0 Å². The molecule has 10 heteroatoms. The average Bonchev–Trinajstić information content (AvgIpc) is 3.84. The fourth-order valence-electron chi connectivity index (χ4n) is 8.49. The van der Waals surface area contributed by atoms with Crippen LogP contribution >= 0.6 is 0 Å². The zero-order valence-corrected chi connectivity index (χ0v) is 30.5. The van der Waals surface area contributed by atoms with Crippen LogP contribution in [0, 0.1) is 11.8 Å². The zero-order chi connectivity index (χ0) is 37.7. The molecule has 0 unspecified atom stereocenters. The number of rotatable bonds is 16. The lowest BCUT2D eigenvalue weighted by molar-refractivity contribution is -0.165. The molecule has 278 valence electrons. The number of hydrogen-bond donors (Lipinski definition) is 1. The Morgan fingerprint density at radius 1 is 0.981 bits per heavy atom. The molecule has 3 aromatic rings. The molecule has 0 aliphatic carbocycles. The summed E-state index contributed by atoms with van der Waals surface area (Å²) in [5.41, 5.74) is 0.938. The summed E-state index contributed by atoms with van der Waals surface area (Å²) in [5.74, 6) is -3.55. The van der Waals surface area contributed by atoms with Gasteiger partial charge in [0.2, 0.25) is 17.7 Å². The van der Waals surface area contributed by atoms with Crippen molar-refractivity contribution >= 4 is 23.7 Å². The van der Waals surface area contributed by atoms with Gasteiger partial charge in [0.1, 0.15) is 17.7 Å². The second kappa shape index (κ2) is 16.3. The van der Waals surface area contributed by atoms with Crippen LogP contribution in [0.4, 0.5) is 0 Å². The summed E-state index contributed by atoms with van der Waals surface area (Å²) in [5, 5.41) is 10.9. The molecular formula is C43H49N3O7. The minimum Gasteiger partial charge on any atom is -0.455 e. The highest BCUT2D eigenvalue weighted by Gasteiger charge is 2.76. The third-order valence-electron chi connectivity index (χ3n) is 11.2. The molecule has 0 aromatic heterocycles. The van der Waals surface area contributed by atoms with Gasteiger partial charge >= 0.3 is 5.97 Å². The van der Waals surface area contributed by atoms with E-state index in [1.165, 1.54) is 4.90 Å². The summed E-state index contributed by atoms with van der Waals surface area (Å²) >= 11 is 0. The first-order valence-electron chi connectivity index (χ1n) is 18.4. The van der Waals surface area contributed by atoms with Crippen LogP contribution in [0.2, 0.25) is 0 Å². The molecule has 3 saturated heterocycles. The van der Waals surface area contributed by atoms with E-state index in [4.69, 9.17) is 9.47 Å². The van der Waals surface area contributed by atoms with Gasteiger partial charge in [0.05, 0.1) is 36.6 Å². The Balaban J connectivity index is 1.38. The summed E-state index contributed by atoms with van der Waals surface area (Å²) in [4.78, 5) is 62.3. The lowest BCUT2D eigenvalue weighted by Gasteiger charge is -2.39. The van der Waals surface area contributed by atoms with E-state index in [0.717, 1.165) is 5.56 Å². The van der Waals surface area contributed by atoms with Gasteiger partial charge in [-0.1, -0.05) is 103 Å². The highest BCUT2D eigenvalue weighted by atomic mass is 16.6. The van der Waals surface area contributed by atoms with Crippen molar-refractivity contribution in [2.75, 3.05) is 20.2 Å². The maximum atomic E-state index is 15.0. The largest absolute Gasteiger partial charge is 0.455 e. The Bertz CT molecular complexity index is 1790. The van der Waals surface area contributed by atoms with Gasteiger partial charge in [-0.05, 0) is 42.9 Å². The van der Waals surface area contributed by atoms with Crippen molar-refractivity contribution < 1.29 is 33.8 Å². The minimum atomic E-state index is -1.33. The zero-order valence-electron chi connectivity index (χ0n) is 30.5. The highest BCUT2D eigenvalue weighted by Crippen LogP contribution is 2.60. The Kier molecular flexibility index (Phi) is 11.6. The van der Waals surface area contributed by atoms with Gasteiger partial charge < -0.3 is 29.3 Å². The molecule has 3 heterocycles. The van der Waals surface area contributed by atoms with E-state index < -0.39 is 66.3 Å². The standard InChI is InChI=1S/C43H49N3O7/c1-5-7-23-35(48)44(4)29(3)38(32-21-15-10-16-22-32)52-42(51)36-34-24-25-43(53-34)37(36)40(49)46(33(28-47)31-19-13-9-14-20-31)39(43)41(50)45(26-6-2)27-30-17-11-8-12-18-30/h5-6,8-22,29,33-34,36-39,47H,1-2,7,23-28H2,3-4H3/t29-,33-,34-,36+,37+,38+,39-,43+/m1/s1. The fraction of sp³-hybridized carbons (Fsp3) is 0.395. The van der Waals surface area contributed by atoms with Crippen molar-refractivity contribution in [1.82, 2.24) is 14.7 Å². The van der Waals surface area contributed by atoms with E-state index in [0.29, 0.717) is 30.4 Å². The number of aliphatic hydroxyl groups is 1. The van der Waals surface area contributed by atoms with E-state index in [2.05, 4.69) is 13.2 Å². The lowest BCUT2D eigenvalue weighted by Crippen LogP contribution is -2.57. The van der Waals surface area contributed by atoms with E-state index in [9.17, 15) is 24.3 Å². The monoisotopic (exact) mass is 719 g/mol. The Labute approximate surface area is 311 Å². The normalized spacial score (nSPS) is 24.5. The van der Waals surface area contributed by atoms with Crippen molar-refractivity contribution in [1.29, 1.82) is 0 Å². The van der Waals surface area contributed by atoms with Gasteiger partial charge in [-0.25, -0.2) is 0 Å².